The van der Waals surface area contributed by atoms with Gasteiger partial charge in [-0.2, -0.15) is 0 Å². The Labute approximate surface area is 228 Å². The number of nitrogens with zero attached hydrogens (tertiary/aromatic N) is 2. The lowest BCUT2D eigenvalue weighted by Crippen LogP contribution is -2.32. The second kappa shape index (κ2) is 10.9. The van der Waals surface area contributed by atoms with Gasteiger partial charge in [0.05, 0.1) is 33.0 Å². The van der Waals surface area contributed by atoms with Crippen LogP contribution in [0.25, 0.3) is 10.2 Å². The normalized spacial score (nSPS) is 11.2. The lowest BCUT2D eigenvalue weighted by molar-refractivity contribution is -0.115. The number of rotatable bonds is 8. The fourth-order valence-electron chi connectivity index (χ4n) is 3.84. The Morgan fingerprint density at radius 1 is 0.846 bits per heavy atom. The Bertz CT molecular complexity index is 1720. The monoisotopic (exact) mass is 558 g/mol. The zero-order valence-electron chi connectivity index (χ0n) is 20.3. The second-order valence-corrected chi connectivity index (χ2v) is 11.2. The van der Waals surface area contributed by atoms with Gasteiger partial charge in [-0.3, -0.25) is 9.59 Å². The maximum atomic E-state index is 13.7. The molecule has 5 aromatic rings. The number of phenolic OH excluding ortho intramolecular Hbond substituents is 1. The third-order valence-corrected chi connectivity index (χ3v) is 8.40. The minimum atomic E-state index is -4.17. The summed E-state index contributed by atoms with van der Waals surface area (Å²) in [5.74, 6) is -1.19. The van der Waals surface area contributed by atoms with Crippen LogP contribution in [0.3, 0.4) is 0 Å². The van der Waals surface area contributed by atoms with Crippen LogP contribution in [0.5, 0.6) is 5.75 Å². The van der Waals surface area contributed by atoms with Gasteiger partial charge in [0.1, 0.15) is 5.75 Å². The quantitative estimate of drug-likeness (QED) is 0.249. The van der Waals surface area contributed by atoms with Crippen molar-refractivity contribution in [1.29, 1.82) is 0 Å². The molecule has 196 valence electrons. The molecule has 3 N–H and O–H groups in total. The summed E-state index contributed by atoms with van der Waals surface area (Å²) in [5, 5.41) is 16.0. The molecule has 0 bridgehead atoms. The van der Waals surface area contributed by atoms with Gasteiger partial charge in [0.25, 0.3) is 15.9 Å². The van der Waals surface area contributed by atoms with E-state index in [-0.39, 0.29) is 28.4 Å². The van der Waals surface area contributed by atoms with Crippen molar-refractivity contribution in [3.63, 3.8) is 0 Å². The van der Waals surface area contributed by atoms with E-state index in [4.69, 9.17) is 0 Å². The number of aromatic nitrogens is 1. The topological polar surface area (TPSA) is 129 Å². The molecule has 0 aliphatic rings. The Kier molecular flexibility index (Phi) is 7.26. The molecule has 0 atom stereocenters. The highest BCUT2D eigenvalue weighted by atomic mass is 32.2. The van der Waals surface area contributed by atoms with Crippen LogP contribution in [0, 0.1) is 0 Å². The third kappa shape index (κ3) is 5.59. The molecule has 39 heavy (non-hydrogen) atoms. The number of para-hydroxylation sites is 4. The fourth-order valence-corrected chi connectivity index (χ4v) is 6.23. The highest BCUT2D eigenvalue weighted by Gasteiger charge is 2.28. The molecule has 1 aromatic heterocycles. The van der Waals surface area contributed by atoms with Crippen LogP contribution in [0.4, 0.5) is 16.5 Å². The van der Waals surface area contributed by atoms with Crippen molar-refractivity contribution in [2.75, 3.05) is 16.2 Å². The lowest BCUT2D eigenvalue weighted by Gasteiger charge is -2.25. The van der Waals surface area contributed by atoms with Crippen molar-refractivity contribution in [3.8, 4) is 5.75 Å². The Morgan fingerprint density at radius 3 is 2.23 bits per heavy atom. The minimum absolute atomic E-state index is 0.0836. The first-order chi connectivity index (χ1) is 18.8. The van der Waals surface area contributed by atoms with E-state index >= 15 is 0 Å². The smallest absolute Gasteiger partial charge is 0.268 e. The molecule has 9 nitrogen and oxygen atoms in total. The van der Waals surface area contributed by atoms with Crippen LogP contribution in [-0.4, -0.2) is 36.9 Å². The SMILES string of the molecule is O=C(CNC(=O)c1ccc(S(=O)(=O)N(c2ccccc2)c2ccccc2O)cc1)Nc1nc2ccccc2s1. The Morgan fingerprint density at radius 2 is 1.51 bits per heavy atom. The van der Waals surface area contributed by atoms with Gasteiger partial charge in [0.15, 0.2) is 5.13 Å². The summed E-state index contributed by atoms with van der Waals surface area (Å²) in [4.78, 5) is 29.2. The minimum Gasteiger partial charge on any atom is -0.506 e. The first-order valence-electron chi connectivity index (χ1n) is 11.7. The molecule has 0 fully saturated rings. The highest BCUT2D eigenvalue weighted by molar-refractivity contribution is 7.93. The Balaban J connectivity index is 1.30. The molecule has 2 amide bonds. The summed E-state index contributed by atoms with van der Waals surface area (Å²) in [6.07, 6.45) is 0. The van der Waals surface area contributed by atoms with Gasteiger partial charge in [-0.1, -0.05) is 53.8 Å². The number of amides is 2. The molecule has 5 rings (SSSR count). The number of sulfonamides is 1. The number of thiazole rings is 1. The molecule has 0 unspecified atom stereocenters. The number of carbonyl (C=O) groups excluding carboxylic acids is 2. The van der Waals surface area contributed by atoms with E-state index in [9.17, 15) is 23.1 Å². The van der Waals surface area contributed by atoms with E-state index in [0.29, 0.717) is 10.8 Å². The molecular formula is C28H22N4O5S2. The Hall–Kier alpha value is -4.74. The number of hydrogen-bond donors (Lipinski definition) is 3. The van der Waals surface area contributed by atoms with E-state index < -0.39 is 21.8 Å². The number of carbonyl (C=O) groups is 2. The van der Waals surface area contributed by atoms with Gasteiger partial charge in [0, 0.05) is 5.56 Å². The molecule has 0 aliphatic heterocycles. The number of hydrogen-bond acceptors (Lipinski definition) is 7. The number of nitrogens with one attached hydrogen (secondary N) is 2. The van der Waals surface area contributed by atoms with Gasteiger partial charge < -0.3 is 15.7 Å². The zero-order valence-corrected chi connectivity index (χ0v) is 21.9. The van der Waals surface area contributed by atoms with Gasteiger partial charge in [-0.15, -0.1) is 0 Å². The van der Waals surface area contributed by atoms with E-state index in [1.54, 1.807) is 42.5 Å². The first-order valence-corrected chi connectivity index (χ1v) is 14.0. The molecular weight excluding hydrogens is 536 g/mol. The van der Waals surface area contributed by atoms with E-state index in [2.05, 4.69) is 15.6 Å². The van der Waals surface area contributed by atoms with E-state index in [1.165, 1.54) is 47.7 Å². The predicted octanol–water partition coefficient (Wildman–Crippen LogP) is 4.90. The van der Waals surface area contributed by atoms with Gasteiger partial charge in [-0.05, 0) is 60.7 Å². The molecule has 1 heterocycles. The summed E-state index contributed by atoms with van der Waals surface area (Å²) >= 11 is 1.33. The van der Waals surface area contributed by atoms with Crippen LogP contribution in [0.2, 0.25) is 0 Å². The van der Waals surface area contributed by atoms with Crippen molar-refractivity contribution in [3.05, 3.63) is 109 Å². The van der Waals surface area contributed by atoms with Crippen LogP contribution >= 0.6 is 11.3 Å². The number of fused-ring (bicyclic) bond motifs is 1. The zero-order chi connectivity index (χ0) is 27.4. The average molecular weight is 559 g/mol. The predicted molar refractivity (Wildman–Crippen MR) is 151 cm³/mol. The molecule has 11 heteroatoms. The number of anilines is 3. The first kappa shape index (κ1) is 25.9. The van der Waals surface area contributed by atoms with Crippen molar-refractivity contribution < 1.29 is 23.1 Å². The van der Waals surface area contributed by atoms with Gasteiger partial charge >= 0.3 is 0 Å². The van der Waals surface area contributed by atoms with Crippen LogP contribution in [-0.2, 0) is 14.8 Å². The van der Waals surface area contributed by atoms with Crippen LogP contribution in [0.1, 0.15) is 10.4 Å². The molecule has 0 aliphatic carbocycles. The summed E-state index contributed by atoms with van der Waals surface area (Å²) in [5.41, 5.74) is 1.37. The van der Waals surface area contributed by atoms with Crippen molar-refractivity contribution in [2.24, 2.45) is 0 Å². The maximum absolute atomic E-state index is 13.7. The van der Waals surface area contributed by atoms with Crippen molar-refractivity contribution in [1.82, 2.24) is 10.3 Å². The molecule has 0 radical (unpaired) electrons. The van der Waals surface area contributed by atoms with E-state index in [0.717, 1.165) is 14.5 Å². The average Bonchev–Trinajstić information content (AvgIpc) is 3.36. The molecule has 4 aromatic carbocycles. The van der Waals surface area contributed by atoms with Crippen LogP contribution in [0.15, 0.2) is 108 Å². The van der Waals surface area contributed by atoms with Crippen LogP contribution < -0.4 is 14.9 Å². The summed E-state index contributed by atoms with van der Waals surface area (Å²) in [6, 6.07) is 27.3. The number of phenols is 1. The van der Waals surface area contributed by atoms with Gasteiger partial charge in [-0.25, -0.2) is 17.7 Å². The highest BCUT2D eigenvalue weighted by Crippen LogP contribution is 2.37. The summed E-state index contributed by atoms with van der Waals surface area (Å²) in [6.45, 7) is -0.288. The van der Waals surface area contributed by atoms with Crippen molar-refractivity contribution >= 4 is 59.9 Å². The van der Waals surface area contributed by atoms with Crippen molar-refractivity contribution in [2.45, 2.75) is 4.90 Å². The summed E-state index contributed by atoms with van der Waals surface area (Å²) in [7, 11) is -4.17. The molecule has 0 saturated heterocycles. The summed E-state index contributed by atoms with van der Waals surface area (Å²) < 4.78 is 29.3. The largest absolute Gasteiger partial charge is 0.506 e. The third-order valence-electron chi connectivity index (χ3n) is 5.70. The molecule has 0 spiro atoms. The number of aromatic hydroxyl groups is 1. The fraction of sp³-hybridized carbons (Fsp3) is 0.0357. The standard InChI is InChI=1S/C28H22N4O5S2/c33-24-12-6-5-11-23(24)32(20-8-2-1-3-9-20)39(36,37)21-16-14-19(15-17-21)27(35)29-18-26(34)31-28-30-22-10-4-7-13-25(22)38-28/h1-17,33H,18H2,(H,29,35)(H,30,31,34). The van der Waals surface area contributed by atoms with E-state index in [1.807, 2.05) is 24.3 Å². The second-order valence-electron chi connectivity index (χ2n) is 8.34. The lowest BCUT2D eigenvalue weighted by atomic mass is 10.2. The van der Waals surface area contributed by atoms with Gasteiger partial charge in [0.2, 0.25) is 5.91 Å². The molecule has 0 saturated carbocycles. The number of benzene rings is 4. The maximum Gasteiger partial charge on any atom is 0.268 e.